The molecule has 262 valence electrons. The van der Waals surface area contributed by atoms with E-state index in [1.54, 1.807) is 0 Å². The molecule has 4 heteroatoms. The molecule has 0 atom stereocenters. The van der Waals surface area contributed by atoms with Crippen LogP contribution in [-0.2, 0) is 0 Å². The Morgan fingerprint density at radius 2 is 0.596 bits per heavy atom. The molecular weight excluding hydrogens is 633 g/mol. The van der Waals surface area contributed by atoms with Crippen molar-refractivity contribution < 1.29 is 9.13 Å². The molecule has 5 aromatic carbocycles. The zero-order valence-corrected chi connectivity index (χ0v) is 33.0. The third-order valence-electron chi connectivity index (χ3n) is 10.5. The number of rotatable bonds is 6. The molecule has 0 aliphatic heterocycles. The SMILES string of the molecule is Cc1cc(C)c(-n2cc(-c3ccc(-c4cn(-c5c(C)cc(C)cc5C)c[n+]4-c4c(C)cc(C)cc4C)cc3)[n+](-c3c(C)cc(C)cc3C)c2)c(C)c1. The van der Waals surface area contributed by atoms with E-state index in [2.05, 4.69) is 199 Å². The summed E-state index contributed by atoms with van der Waals surface area (Å²) >= 11 is 0. The Morgan fingerprint density at radius 3 is 0.865 bits per heavy atom. The summed E-state index contributed by atoms with van der Waals surface area (Å²) in [6, 6.07) is 27.4. The molecule has 0 radical (unpaired) electrons. The highest BCUT2D eigenvalue weighted by molar-refractivity contribution is 5.66. The average molecular weight is 685 g/mol. The van der Waals surface area contributed by atoms with Gasteiger partial charge in [0.15, 0.2) is 11.4 Å². The van der Waals surface area contributed by atoms with Crippen LogP contribution >= 0.6 is 0 Å². The number of aromatic nitrogens is 4. The van der Waals surface area contributed by atoms with Crippen molar-refractivity contribution in [2.24, 2.45) is 0 Å². The predicted molar refractivity (Wildman–Crippen MR) is 216 cm³/mol. The monoisotopic (exact) mass is 684 g/mol. The number of imidazole rings is 2. The topological polar surface area (TPSA) is 17.6 Å². The number of hydrogen-bond acceptors (Lipinski definition) is 0. The Kier molecular flexibility index (Phi) is 8.90. The van der Waals surface area contributed by atoms with Crippen LogP contribution in [0.4, 0.5) is 0 Å². The zero-order valence-electron chi connectivity index (χ0n) is 33.0. The number of hydrogen-bond donors (Lipinski definition) is 0. The van der Waals surface area contributed by atoms with E-state index >= 15 is 0 Å². The molecule has 52 heavy (non-hydrogen) atoms. The molecule has 2 heterocycles. The van der Waals surface area contributed by atoms with E-state index in [0.29, 0.717) is 0 Å². The number of nitrogens with zero attached hydrogens (tertiary/aromatic N) is 4. The molecule has 0 saturated heterocycles. The van der Waals surface area contributed by atoms with Crippen LogP contribution in [0.2, 0.25) is 0 Å². The summed E-state index contributed by atoms with van der Waals surface area (Å²) in [5.74, 6) is 0. The lowest BCUT2D eigenvalue weighted by Gasteiger charge is -2.11. The van der Waals surface area contributed by atoms with Crippen molar-refractivity contribution in [2.45, 2.75) is 83.1 Å². The summed E-state index contributed by atoms with van der Waals surface area (Å²) in [4.78, 5) is 0. The van der Waals surface area contributed by atoms with Gasteiger partial charge in [0, 0.05) is 11.1 Å². The molecule has 0 unspecified atom stereocenters. The van der Waals surface area contributed by atoms with E-state index in [0.717, 1.165) is 11.4 Å². The molecule has 0 amide bonds. The summed E-state index contributed by atoms with van der Waals surface area (Å²) < 4.78 is 9.40. The van der Waals surface area contributed by atoms with E-state index < -0.39 is 0 Å². The summed E-state index contributed by atoms with van der Waals surface area (Å²) in [6.45, 7) is 26.5. The highest BCUT2D eigenvalue weighted by Gasteiger charge is 2.26. The number of benzene rings is 5. The highest BCUT2D eigenvalue weighted by Crippen LogP contribution is 2.30. The Bertz CT molecular complexity index is 2250. The molecule has 0 N–H and O–H groups in total. The van der Waals surface area contributed by atoms with Crippen LogP contribution in [0.25, 0.3) is 45.3 Å². The largest absolute Gasteiger partial charge is 0.254 e. The lowest BCUT2D eigenvalue weighted by Crippen LogP contribution is -2.33. The van der Waals surface area contributed by atoms with Crippen LogP contribution in [-0.4, -0.2) is 9.13 Å². The van der Waals surface area contributed by atoms with Gasteiger partial charge in [-0.2, -0.15) is 9.13 Å². The van der Waals surface area contributed by atoms with Gasteiger partial charge in [0.05, 0.1) is 0 Å². The first-order chi connectivity index (χ1) is 24.7. The minimum Gasteiger partial charge on any atom is -0.201 e. The molecule has 0 spiro atoms. The fourth-order valence-electron chi connectivity index (χ4n) is 8.93. The molecular formula is C48H52N4+2. The van der Waals surface area contributed by atoms with E-state index in [-0.39, 0.29) is 0 Å². The Balaban J connectivity index is 1.42. The Labute approximate surface area is 310 Å². The van der Waals surface area contributed by atoms with Gasteiger partial charge >= 0.3 is 0 Å². The highest BCUT2D eigenvalue weighted by atomic mass is 15.2. The van der Waals surface area contributed by atoms with Crippen LogP contribution < -0.4 is 9.13 Å². The molecule has 0 aliphatic rings. The van der Waals surface area contributed by atoms with Gasteiger partial charge in [-0.3, -0.25) is 0 Å². The van der Waals surface area contributed by atoms with Crippen LogP contribution in [0.15, 0.2) is 97.8 Å². The summed E-state index contributed by atoms with van der Waals surface area (Å²) in [5.41, 5.74) is 24.9. The maximum atomic E-state index is 2.39. The smallest absolute Gasteiger partial charge is 0.201 e. The summed E-state index contributed by atoms with van der Waals surface area (Å²) in [7, 11) is 0. The average Bonchev–Trinajstić information content (AvgIpc) is 3.64. The van der Waals surface area contributed by atoms with Gasteiger partial charge in [-0.05, 0) is 152 Å². The van der Waals surface area contributed by atoms with Crippen LogP contribution in [0.1, 0.15) is 66.8 Å². The first kappa shape index (κ1) is 34.9. The van der Waals surface area contributed by atoms with Gasteiger partial charge in [0.2, 0.25) is 0 Å². The lowest BCUT2D eigenvalue weighted by atomic mass is 10.0. The first-order valence-corrected chi connectivity index (χ1v) is 18.4. The zero-order chi connectivity index (χ0) is 37.2. The minimum absolute atomic E-state index is 1.16. The molecule has 0 fully saturated rings. The Morgan fingerprint density at radius 1 is 0.346 bits per heavy atom. The second-order valence-corrected chi connectivity index (χ2v) is 15.4. The van der Waals surface area contributed by atoms with Crippen molar-refractivity contribution in [3.63, 3.8) is 0 Å². The van der Waals surface area contributed by atoms with Crippen molar-refractivity contribution in [1.82, 2.24) is 9.13 Å². The van der Waals surface area contributed by atoms with Gasteiger partial charge in [-0.1, -0.05) is 70.8 Å². The number of aryl methyl sites for hydroxylation is 12. The fraction of sp³-hybridized carbons (Fsp3) is 0.250. The summed E-state index contributed by atoms with van der Waals surface area (Å²) in [5, 5.41) is 0. The van der Waals surface area contributed by atoms with E-state index in [9.17, 15) is 0 Å². The van der Waals surface area contributed by atoms with Gasteiger partial charge in [0.25, 0.3) is 12.7 Å². The molecule has 7 rings (SSSR count). The minimum atomic E-state index is 1.16. The lowest BCUT2D eigenvalue weighted by molar-refractivity contribution is -0.584. The second-order valence-electron chi connectivity index (χ2n) is 15.4. The molecule has 0 bridgehead atoms. The quantitative estimate of drug-likeness (QED) is 0.155. The van der Waals surface area contributed by atoms with Crippen molar-refractivity contribution in [2.75, 3.05) is 0 Å². The van der Waals surface area contributed by atoms with Crippen molar-refractivity contribution in [3.8, 4) is 45.3 Å². The maximum absolute atomic E-state index is 2.39. The second kappa shape index (κ2) is 13.2. The van der Waals surface area contributed by atoms with Gasteiger partial charge in [-0.15, -0.1) is 0 Å². The predicted octanol–water partition coefficient (Wildman–Crippen LogP) is 10.9. The Hall–Kier alpha value is -5.48. The standard InChI is InChI=1S/C48H52N4/c1-29-17-33(5)45(34(6)18-29)49-25-43(51(27-49)47-37(9)21-31(3)22-38(47)10)41-13-15-42(16-14-41)44-26-50(46-35(7)19-30(2)20-36(46)8)28-52(44)48-39(11)23-32(4)24-40(48)12/h13-28H,1-12H3/q+2. The van der Waals surface area contributed by atoms with Crippen LogP contribution in [0.5, 0.6) is 0 Å². The van der Waals surface area contributed by atoms with Gasteiger partial charge < -0.3 is 0 Å². The normalized spacial score (nSPS) is 11.5. The molecule has 0 saturated carbocycles. The van der Waals surface area contributed by atoms with E-state index in [1.165, 1.54) is 101 Å². The molecule has 4 nitrogen and oxygen atoms in total. The van der Waals surface area contributed by atoms with E-state index in [4.69, 9.17) is 0 Å². The third-order valence-corrected chi connectivity index (χ3v) is 10.5. The van der Waals surface area contributed by atoms with Crippen molar-refractivity contribution >= 4 is 0 Å². The van der Waals surface area contributed by atoms with Crippen molar-refractivity contribution in [1.29, 1.82) is 0 Å². The third kappa shape index (κ3) is 6.21. The van der Waals surface area contributed by atoms with Gasteiger partial charge in [-0.25, -0.2) is 9.13 Å². The van der Waals surface area contributed by atoms with Crippen LogP contribution in [0.3, 0.4) is 0 Å². The fourth-order valence-corrected chi connectivity index (χ4v) is 8.93. The molecule has 0 aliphatic carbocycles. The van der Waals surface area contributed by atoms with Crippen LogP contribution in [0, 0.1) is 83.1 Å². The molecule has 2 aromatic heterocycles. The molecule has 7 aromatic rings. The summed E-state index contributed by atoms with van der Waals surface area (Å²) in [6.07, 6.45) is 9.14. The van der Waals surface area contributed by atoms with Crippen molar-refractivity contribution in [3.05, 3.63) is 165 Å². The van der Waals surface area contributed by atoms with E-state index in [1.807, 2.05) is 0 Å². The first-order valence-electron chi connectivity index (χ1n) is 18.4. The maximum Gasteiger partial charge on any atom is 0.254 e. The van der Waals surface area contributed by atoms with Gasteiger partial charge in [0.1, 0.15) is 35.1 Å².